The molecule has 2 aromatic carbocycles. The fourth-order valence-electron chi connectivity index (χ4n) is 4.46. The van der Waals surface area contributed by atoms with Gasteiger partial charge in [0.05, 0.1) is 6.54 Å². The Bertz CT molecular complexity index is 725. The molecule has 0 unspecified atom stereocenters. The molecule has 1 N–H and O–H groups in total. The second-order valence-electron chi connectivity index (χ2n) is 7.66. The maximum absolute atomic E-state index is 5.11. The number of hydrogen-bond acceptors (Lipinski definition) is 1. The highest BCUT2D eigenvalue weighted by molar-refractivity contribution is 6.02. The number of amidine groups is 1. The lowest BCUT2D eigenvalue weighted by Crippen LogP contribution is -2.42. The summed E-state index contributed by atoms with van der Waals surface area (Å²) in [4.78, 5) is 5.11. The van der Waals surface area contributed by atoms with Gasteiger partial charge in [-0.15, -0.1) is 0 Å². The number of fused-ring (bicyclic) bond motifs is 1. The summed E-state index contributed by atoms with van der Waals surface area (Å²) in [5.74, 6) is 1.23. The minimum absolute atomic E-state index is 0.212. The van der Waals surface area contributed by atoms with Gasteiger partial charge < -0.3 is 5.32 Å². The molecule has 1 saturated carbocycles. The molecule has 130 valence electrons. The van der Waals surface area contributed by atoms with Gasteiger partial charge in [-0.2, -0.15) is 0 Å². The van der Waals surface area contributed by atoms with E-state index in [1.165, 1.54) is 67.6 Å². The van der Waals surface area contributed by atoms with Gasteiger partial charge in [-0.3, -0.25) is 4.99 Å². The Hall–Kier alpha value is -2.09. The molecule has 2 nitrogen and oxygen atoms in total. The first kappa shape index (κ1) is 16.4. The van der Waals surface area contributed by atoms with Crippen LogP contribution in [-0.4, -0.2) is 5.84 Å². The van der Waals surface area contributed by atoms with Crippen LogP contribution in [0.4, 0.5) is 5.69 Å². The highest BCUT2D eigenvalue weighted by atomic mass is 15.0. The van der Waals surface area contributed by atoms with Gasteiger partial charge in [-0.05, 0) is 36.5 Å². The van der Waals surface area contributed by atoms with Crippen molar-refractivity contribution in [2.24, 2.45) is 10.4 Å². The van der Waals surface area contributed by atoms with Crippen LogP contribution >= 0.6 is 0 Å². The Morgan fingerprint density at radius 3 is 2.28 bits per heavy atom. The highest BCUT2D eigenvalue weighted by Crippen LogP contribution is 2.43. The molecule has 4 rings (SSSR count). The van der Waals surface area contributed by atoms with Gasteiger partial charge in [0.25, 0.3) is 0 Å². The molecule has 0 aromatic heterocycles. The Morgan fingerprint density at radius 1 is 0.800 bits per heavy atom. The van der Waals surface area contributed by atoms with Crippen LogP contribution in [0.5, 0.6) is 0 Å². The summed E-state index contributed by atoms with van der Waals surface area (Å²) in [5, 5.41) is 3.73. The van der Waals surface area contributed by atoms with Crippen LogP contribution in [0.2, 0.25) is 0 Å². The van der Waals surface area contributed by atoms with Gasteiger partial charge in [0, 0.05) is 11.1 Å². The fourth-order valence-corrected chi connectivity index (χ4v) is 4.46. The first-order chi connectivity index (χ1) is 12.4. The van der Waals surface area contributed by atoms with E-state index in [2.05, 4.69) is 59.9 Å². The van der Waals surface area contributed by atoms with Crippen molar-refractivity contribution in [1.29, 1.82) is 0 Å². The van der Waals surface area contributed by atoms with Crippen molar-refractivity contribution in [3.63, 3.8) is 0 Å². The zero-order valence-corrected chi connectivity index (χ0v) is 15.0. The normalized spacial score (nSPS) is 21.2. The third-order valence-electron chi connectivity index (χ3n) is 5.87. The highest BCUT2D eigenvalue weighted by Gasteiger charge is 2.39. The third-order valence-corrected chi connectivity index (χ3v) is 5.87. The smallest absolute Gasteiger partial charge is 0.108 e. The molecule has 0 saturated heterocycles. The van der Waals surface area contributed by atoms with Crippen molar-refractivity contribution in [2.45, 2.75) is 57.9 Å². The SMILES string of the molecule is c1ccc(CN=C2Nc3ccccc3CC23CCCCCCC3)cc1. The number of nitrogens with zero attached hydrogens (tertiary/aromatic N) is 1. The van der Waals surface area contributed by atoms with E-state index in [4.69, 9.17) is 4.99 Å². The summed E-state index contributed by atoms with van der Waals surface area (Å²) in [7, 11) is 0. The summed E-state index contributed by atoms with van der Waals surface area (Å²) in [6, 6.07) is 19.4. The van der Waals surface area contributed by atoms with Crippen LogP contribution < -0.4 is 5.32 Å². The van der Waals surface area contributed by atoms with Crippen molar-refractivity contribution in [1.82, 2.24) is 0 Å². The van der Waals surface area contributed by atoms with Gasteiger partial charge in [0.1, 0.15) is 5.84 Å². The largest absolute Gasteiger partial charge is 0.343 e. The monoisotopic (exact) mass is 332 g/mol. The molecule has 0 bridgehead atoms. The van der Waals surface area contributed by atoms with Crippen molar-refractivity contribution < 1.29 is 0 Å². The van der Waals surface area contributed by atoms with Gasteiger partial charge >= 0.3 is 0 Å². The second-order valence-corrected chi connectivity index (χ2v) is 7.66. The lowest BCUT2D eigenvalue weighted by atomic mass is 9.69. The zero-order chi connectivity index (χ0) is 17.0. The standard InChI is InChI=1S/C23H28N2/c1-2-9-15-23(16-10-3-1)17-20-13-7-8-14-21(20)25-22(23)24-18-19-11-5-4-6-12-19/h4-8,11-14H,1-3,9-10,15-18H2,(H,24,25). The molecule has 0 amide bonds. The summed E-state index contributed by atoms with van der Waals surface area (Å²) in [6.07, 6.45) is 10.5. The maximum atomic E-state index is 5.11. The molecule has 1 heterocycles. The molecule has 25 heavy (non-hydrogen) atoms. The summed E-state index contributed by atoms with van der Waals surface area (Å²) in [6.45, 7) is 0.771. The first-order valence-electron chi connectivity index (χ1n) is 9.80. The Balaban J connectivity index is 1.67. The lowest BCUT2D eigenvalue weighted by molar-refractivity contribution is 0.299. The van der Waals surface area contributed by atoms with Crippen LogP contribution in [-0.2, 0) is 13.0 Å². The van der Waals surface area contributed by atoms with E-state index in [-0.39, 0.29) is 5.41 Å². The number of benzene rings is 2. The van der Waals surface area contributed by atoms with Crippen LogP contribution in [0, 0.1) is 5.41 Å². The summed E-state index contributed by atoms with van der Waals surface area (Å²) >= 11 is 0. The fraction of sp³-hybridized carbons (Fsp3) is 0.435. The number of nitrogens with one attached hydrogen (secondary N) is 1. The number of rotatable bonds is 2. The van der Waals surface area contributed by atoms with Crippen LogP contribution in [0.3, 0.4) is 0 Å². The minimum Gasteiger partial charge on any atom is -0.343 e. The third kappa shape index (κ3) is 3.63. The minimum atomic E-state index is 0.212. The van der Waals surface area contributed by atoms with Gasteiger partial charge in [0.15, 0.2) is 0 Å². The average molecular weight is 332 g/mol. The topological polar surface area (TPSA) is 24.4 Å². The predicted molar refractivity (Wildman–Crippen MR) is 106 cm³/mol. The Labute approximate surface area is 151 Å². The molecule has 2 aromatic rings. The van der Waals surface area contributed by atoms with E-state index in [1.807, 2.05) is 0 Å². The van der Waals surface area contributed by atoms with Crippen molar-refractivity contribution in [3.8, 4) is 0 Å². The van der Waals surface area contributed by atoms with Crippen molar-refractivity contribution >= 4 is 11.5 Å². The molecule has 1 aliphatic carbocycles. The van der Waals surface area contributed by atoms with E-state index in [0.717, 1.165) is 13.0 Å². The zero-order valence-electron chi connectivity index (χ0n) is 15.0. The van der Waals surface area contributed by atoms with Crippen LogP contribution in [0.15, 0.2) is 59.6 Å². The summed E-state index contributed by atoms with van der Waals surface area (Å²) in [5.41, 5.74) is 4.21. The number of hydrogen-bond donors (Lipinski definition) is 1. The predicted octanol–water partition coefficient (Wildman–Crippen LogP) is 5.98. The molecular formula is C23H28N2. The van der Waals surface area contributed by atoms with Crippen LogP contribution in [0.25, 0.3) is 0 Å². The lowest BCUT2D eigenvalue weighted by Gasteiger charge is -2.41. The summed E-state index contributed by atoms with van der Waals surface area (Å²) < 4.78 is 0. The Kier molecular flexibility index (Phi) is 4.87. The number of aliphatic imine (C=N–C) groups is 1. The Morgan fingerprint density at radius 2 is 1.48 bits per heavy atom. The van der Waals surface area contributed by atoms with E-state index in [0.29, 0.717) is 0 Å². The van der Waals surface area contributed by atoms with E-state index in [9.17, 15) is 0 Å². The van der Waals surface area contributed by atoms with Crippen LogP contribution in [0.1, 0.15) is 56.1 Å². The first-order valence-corrected chi connectivity index (χ1v) is 9.80. The van der Waals surface area contributed by atoms with E-state index < -0.39 is 0 Å². The molecule has 2 aliphatic rings. The van der Waals surface area contributed by atoms with Gasteiger partial charge in [0.2, 0.25) is 0 Å². The van der Waals surface area contributed by atoms with E-state index >= 15 is 0 Å². The molecule has 1 aliphatic heterocycles. The van der Waals surface area contributed by atoms with Gasteiger partial charge in [-0.1, -0.05) is 80.6 Å². The molecule has 0 radical (unpaired) electrons. The van der Waals surface area contributed by atoms with Gasteiger partial charge in [-0.25, -0.2) is 0 Å². The molecular weight excluding hydrogens is 304 g/mol. The second kappa shape index (κ2) is 7.43. The number of para-hydroxylation sites is 1. The van der Waals surface area contributed by atoms with E-state index in [1.54, 1.807) is 0 Å². The number of anilines is 1. The molecule has 0 atom stereocenters. The quantitative estimate of drug-likeness (QED) is 0.718. The maximum Gasteiger partial charge on any atom is 0.108 e. The molecule has 1 fully saturated rings. The van der Waals surface area contributed by atoms with Crippen molar-refractivity contribution in [3.05, 3.63) is 65.7 Å². The average Bonchev–Trinajstić information content (AvgIpc) is 2.64. The van der Waals surface area contributed by atoms with Crippen molar-refractivity contribution in [2.75, 3.05) is 5.32 Å². The molecule has 1 spiro atoms. The molecule has 2 heteroatoms.